The van der Waals surface area contributed by atoms with Crippen molar-refractivity contribution in [3.63, 3.8) is 0 Å². The van der Waals surface area contributed by atoms with Crippen LogP contribution < -0.4 is 10.5 Å². The van der Waals surface area contributed by atoms with Gasteiger partial charge in [-0.15, -0.1) is 0 Å². The highest BCUT2D eigenvalue weighted by molar-refractivity contribution is 5.50. The molecule has 0 aromatic heterocycles. The van der Waals surface area contributed by atoms with Gasteiger partial charge in [-0.3, -0.25) is 10.1 Å². The van der Waals surface area contributed by atoms with Gasteiger partial charge in [-0.1, -0.05) is 0 Å². The lowest BCUT2D eigenvalue weighted by atomic mass is 9.70. The Morgan fingerprint density at radius 2 is 2.24 bits per heavy atom. The quantitative estimate of drug-likeness (QED) is 0.602. The van der Waals surface area contributed by atoms with Crippen LogP contribution in [0, 0.1) is 10.1 Å². The number of methoxy groups -OCH3 is 1. The molecule has 6 nitrogen and oxygen atoms in total. The molecule has 0 bridgehead atoms. The maximum atomic E-state index is 10.9. The average molecular weight is 238 g/mol. The minimum Gasteiger partial charge on any atom is -0.497 e. The summed E-state index contributed by atoms with van der Waals surface area (Å²) in [6.45, 7) is 0. The lowest BCUT2D eigenvalue weighted by molar-refractivity contribution is -0.386. The first-order valence-corrected chi connectivity index (χ1v) is 5.26. The van der Waals surface area contributed by atoms with Crippen molar-refractivity contribution in [1.82, 2.24) is 0 Å². The van der Waals surface area contributed by atoms with Crippen molar-refractivity contribution < 1.29 is 14.8 Å². The minimum absolute atomic E-state index is 0.0276. The van der Waals surface area contributed by atoms with Gasteiger partial charge < -0.3 is 15.6 Å². The summed E-state index contributed by atoms with van der Waals surface area (Å²) in [5, 5.41) is 20.3. The molecule has 1 saturated carbocycles. The van der Waals surface area contributed by atoms with Crippen molar-refractivity contribution in [1.29, 1.82) is 0 Å². The van der Waals surface area contributed by atoms with Crippen LogP contribution >= 0.6 is 0 Å². The van der Waals surface area contributed by atoms with Crippen LogP contribution in [0.4, 0.5) is 5.69 Å². The molecule has 0 saturated heterocycles. The zero-order chi connectivity index (χ0) is 12.6. The molecule has 92 valence electrons. The van der Waals surface area contributed by atoms with Gasteiger partial charge in [-0.05, 0) is 25.0 Å². The Morgan fingerprint density at radius 1 is 1.59 bits per heavy atom. The smallest absolute Gasteiger partial charge is 0.274 e. The Hall–Kier alpha value is -1.66. The molecule has 0 spiro atoms. The van der Waals surface area contributed by atoms with Crippen LogP contribution in [0.2, 0.25) is 0 Å². The predicted octanol–water partition coefficient (Wildman–Crippen LogP) is 0.912. The molecule has 6 heteroatoms. The Kier molecular flexibility index (Phi) is 2.76. The summed E-state index contributed by atoms with van der Waals surface area (Å²) in [7, 11) is 1.49. The highest BCUT2D eigenvalue weighted by Crippen LogP contribution is 2.43. The summed E-state index contributed by atoms with van der Waals surface area (Å²) in [5.74, 6) is 0.525. The van der Waals surface area contributed by atoms with E-state index < -0.39 is 16.6 Å². The van der Waals surface area contributed by atoms with Gasteiger partial charge in [0.15, 0.2) is 0 Å². The molecule has 0 heterocycles. The second-order valence-electron chi connectivity index (χ2n) is 4.36. The number of benzene rings is 1. The van der Waals surface area contributed by atoms with Crippen molar-refractivity contribution in [2.75, 3.05) is 7.11 Å². The fraction of sp³-hybridized carbons (Fsp3) is 0.455. The second kappa shape index (κ2) is 3.97. The van der Waals surface area contributed by atoms with Gasteiger partial charge in [0.25, 0.3) is 5.69 Å². The van der Waals surface area contributed by atoms with E-state index in [0.717, 1.165) is 0 Å². The number of ether oxygens (including phenoxy) is 1. The molecule has 0 unspecified atom stereocenters. The number of rotatable bonds is 3. The van der Waals surface area contributed by atoms with E-state index in [0.29, 0.717) is 24.2 Å². The van der Waals surface area contributed by atoms with E-state index in [4.69, 9.17) is 10.5 Å². The molecular weight excluding hydrogens is 224 g/mol. The third kappa shape index (κ3) is 1.96. The van der Waals surface area contributed by atoms with E-state index in [1.807, 2.05) is 0 Å². The average Bonchev–Trinajstić information content (AvgIpc) is 2.26. The molecule has 17 heavy (non-hydrogen) atoms. The van der Waals surface area contributed by atoms with Gasteiger partial charge in [-0.25, -0.2) is 0 Å². The zero-order valence-electron chi connectivity index (χ0n) is 9.42. The molecule has 1 fully saturated rings. The summed E-state index contributed by atoms with van der Waals surface area (Å²) in [6.07, 6.45) is 0.188. The normalized spacial score (nSPS) is 27.4. The first kappa shape index (κ1) is 11.8. The number of hydrogen-bond donors (Lipinski definition) is 2. The molecule has 1 aliphatic carbocycles. The van der Waals surface area contributed by atoms with Crippen LogP contribution in [0.5, 0.6) is 5.75 Å². The van der Waals surface area contributed by atoms with Crippen molar-refractivity contribution in [2.24, 2.45) is 5.73 Å². The zero-order valence-corrected chi connectivity index (χ0v) is 9.42. The van der Waals surface area contributed by atoms with E-state index in [2.05, 4.69) is 0 Å². The SMILES string of the molecule is COc1ccc([N+](=O)[O-])c(C2(N)CC(O)C2)c1. The first-order valence-electron chi connectivity index (χ1n) is 5.26. The maximum Gasteiger partial charge on any atom is 0.274 e. The fourth-order valence-electron chi connectivity index (χ4n) is 2.20. The monoisotopic (exact) mass is 238 g/mol. The fourth-order valence-corrected chi connectivity index (χ4v) is 2.20. The number of nitro benzene ring substituents is 1. The van der Waals surface area contributed by atoms with Gasteiger partial charge in [0.05, 0.1) is 29.2 Å². The summed E-state index contributed by atoms with van der Waals surface area (Å²) < 4.78 is 5.04. The lowest BCUT2D eigenvalue weighted by Gasteiger charge is -2.42. The Labute approximate surface area is 98.2 Å². The Morgan fingerprint density at radius 3 is 2.71 bits per heavy atom. The Balaban J connectivity index is 2.46. The molecule has 0 atom stereocenters. The van der Waals surface area contributed by atoms with Crippen LogP contribution in [0.25, 0.3) is 0 Å². The molecule has 1 aromatic rings. The van der Waals surface area contributed by atoms with E-state index in [1.54, 1.807) is 6.07 Å². The molecule has 2 rings (SSSR count). The standard InChI is InChI=1S/C11H14N2O4/c1-17-8-2-3-10(13(15)16)9(4-8)11(12)5-7(14)6-11/h2-4,7,14H,5-6,12H2,1H3. The van der Waals surface area contributed by atoms with Crippen LogP contribution in [0.3, 0.4) is 0 Å². The van der Waals surface area contributed by atoms with Gasteiger partial charge in [0, 0.05) is 6.07 Å². The van der Waals surface area contributed by atoms with Crippen LogP contribution in [0.15, 0.2) is 18.2 Å². The van der Waals surface area contributed by atoms with E-state index in [1.165, 1.54) is 19.2 Å². The van der Waals surface area contributed by atoms with Crippen molar-refractivity contribution in [3.8, 4) is 5.75 Å². The maximum absolute atomic E-state index is 10.9. The molecule has 0 radical (unpaired) electrons. The van der Waals surface area contributed by atoms with Crippen LogP contribution in [-0.2, 0) is 5.54 Å². The van der Waals surface area contributed by atoms with Crippen LogP contribution in [0.1, 0.15) is 18.4 Å². The van der Waals surface area contributed by atoms with E-state index >= 15 is 0 Å². The van der Waals surface area contributed by atoms with Crippen molar-refractivity contribution in [3.05, 3.63) is 33.9 Å². The number of aliphatic hydroxyl groups excluding tert-OH is 1. The van der Waals surface area contributed by atoms with Crippen molar-refractivity contribution in [2.45, 2.75) is 24.5 Å². The van der Waals surface area contributed by atoms with E-state index in [-0.39, 0.29) is 5.69 Å². The van der Waals surface area contributed by atoms with Gasteiger partial charge >= 0.3 is 0 Å². The van der Waals surface area contributed by atoms with Gasteiger partial charge in [-0.2, -0.15) is 0 Å². The lowest BCUT2D eigenvalue weighted by Crippen LogP contribution is -2.51. The molecule has 1 aromatic carbocycles. The number of nitro groups is 1. The summed E-state index contributed by atoms with van der Waals surface area (Å²) in [5.41, 5.74) is 5.63. The second-order valence-corrected chi connectivity index (χ2v) is 4.36. The number of nitrogens with two attached hydrogens (primary N) is 1. The third-order valence-electron chi connectivity index (χ3n) is 3.14. The summed E-state index contributed by atoms with van der Waals surface area (Å²) in [4.78, 5) is 10.5. The summed E-state index contributed by atoms with van der Waals surface area (Å²) >= 11 is 0. The molecule has 0 aliphatic heterocycles. The molecule has 1 aliphatic rings. The number of nitrogens with zero attached hydrogens (tertiary/aromatic N) is 1. The van der Waals surface area contributed by atoms with Gasteiger partial charge in [0.1, 0.15) is 5.75 Å². The topological polar surface area (TPSA) is 98.6 Å². The molecule has 3 N–H and O–H groups in total. The number of hydrogen-bond acceptors (Lipinski definition) is 5. The van der Waals surface area contributed by atoms with Gasteiger partial charge in [0.2, 0.25) is 0 Å². The molecule has 0 amide bonds. The summed E-state index contributed by atoms with van der Waals surface area (Å²) in [6, 6.07) is 4.48. The minimum atomic E-state index is -0.823. The predicted molar refractivity (Wildman–Crippen MR) is 60.8 cm³/mol. The third-order valence-corrected chi connectivity index (χ3v) is 3.14. The first-order chi connectivity index (χ1) is 7.96. The highest BCUT2D eigenvalue weighted by Gasteiger charge is 2.45. The van der Waals surface area contributed by atoms with Crippen molar-refractivity contribution >= 4 is 5.69 Å². The number of aliphatic hydroxyl groups is 1. The highest BCUT2D eigenvalue weighted by atomic mass is 16.6. The van der Waals surface area contributed by atoms with Crippen LogP contribution in [-0.4, -0.2) is 23.2 Å². The van der Waals surface area contributed by atoms with E-state index in [9.17, 15) is 15.2 Å². The Bertz CT molecular complexity index is 455. The molecular formula is C11H14N2O4. The largest absolute Gasteiger partial charge is 0.497 e.